The van der Waals surface area contributed by atoms with Crippen LogP contribution in [0.25, 0.3) is 0 Å². The fourth-order valence-corrected chi connectivity index (χ4v) is 13.1. The van der Waals surface area contributed by atoms with E-state index in [1.165, 1.54) is 167 Å². The normalized spacial score (nSPS) is 14.4. The van der Waals surface area contributed by atoms with Gasteiger partial charge in [-0.25, -0.2) is 9.13 Å². The Hall–Kier alpha value is -2.46. The molecule has 19 heteroatoms. The van der Waals surface area contributed by atoms with E-state index < -0.39 is 97.5 Å². The van der Waals surface area contributed by atoms with Crippen LogP contribution in [-0.2, 0) is 65.4 Å². The minimum atomic E-state index is -4.97. The zero-order valence-corrected chi connectivity index (χ0v) is 65.5. The Bertz CT molecular complexity index is 2000. The number of allylic oxidation sites excluding steroid dienone is 4. The minimum absolute atomic E-state index is 0.1000. The molecule has 0 aromatic carbocycles. The van der Waals surface area contributed by atoms with Gasteiger partial charge in [0.25, 0.3) is 0 Å². The molecule has 0 aromatic rings. The highest BCUT2D eigenvalue weighted by molar-refractivity contribution is 7.47. The van der Waals surface area contributed by atoms with Gasteiger partial charge in [-0.1, -0.05) is 330 Å². The number of esters is 4. The van der Waals surface area contributed by atoms with Crippen molar-refractivity contribution in [3.05, 3.63) is 24.3 Å². The zero-order chi connectivity index (χ0) is 72.3. The van der Waals surface area contributed by atoms with Gasteiger partial charge < -0.3 is 33.8 Å². The van der Waals surface area contributed by atoms with Crippen LogP contribution >= 0.6 is 15.6 Å². The topological polar surface area (TPSA) is 237 Å². The van der Waals surface area contributed by atoms with Crippen molar-refractivity contribution >= 4 is 39.5 Å². The second kappa shape index (κ2) is 68.9. The summed E-state index contributed by atoms with van der Waals surface area (Å²) in [7, 11) is -9.93. The standard InChI is InChI=1S/C79H150O17P2/c1-8-10-11-12-13-14-15-16-17-23-28-33-38-46-53-60-76(81)89-66-74(95-78(83)63-56-49-40-35-30-25-20-21-26-31-36-43-50-57-70(3)4)68-93-97(85,86)91-64-73(80)65-92-98(87,88)94-69-75(67-90-77(82)61-54-47-42-41-44-51-58-71(5)6)96-79(84)62-55-48-39-34-29-24-19-18-22-27-32-37-45-52-59-72(7)9-2/h14-17,70-75,80H,8-13,18-69H2,1-7H3,(H,85,86)(H,87,88)/b15-14-,17-16-/t72?,73-,74-,75-/m1/s1. The number of phosphoric acid groups is 2. The quantitative estimate of drug-likeness (QED) is 0.0169. The van der Waals surface area contributed by atoms with Gasteiger partial charge in [-0.3, -0.25) is 37.3 Å². The summed E-state index contributed by atoms with van der Waals surface area (Å²) in [5.74, 6) is 0.160. The van der Waals surface area contributed by atoms with Crippen LogP contribution in [0, 0.1) is 17.8 Å². The van der Waals surface area contributed by atoms with Crippen LogP contribution in [0.2, 0.25) is 0 Å². The van der Waals surface area contributed by atoms with Gasteiger partial charge in [-0.15, -0.1) is 0 Å². The highest BCUT2D eigenvalue weighted by Gasteiger charge is 2.30. The second-order valence-corrected chi connectivity index (χ2v) is 31.9. The molecule has 0 amide bonds. The van der Waals surface area contributed by atoms with Crippen LogP contribution in [0.15, 0.2) is 24.3 Å². The SMILES string of the molecule is CCCCCC/C=C\C=C/CCCCCCCC(=O)OC[C@H](COP(=O)(O)OC[C@@H](O)COP(=O)(O)OC[C@@H](COC(=O)CCCCCCCCC(C)C)OC(=O)CCCCCCCCCCCCCCCCC(C)CC)OC(=O)CCCCCCCCCCCCCCCC(C)C. The fourth-order valence-electron chi connectivity index (χ4n) is 11.6. The summed E-state index contributed by atoms with van der Waals surface area (Å²) < 4.78 is 68.6. The van der Waals surface area contributed by atoms with Crippen LogP contribution in [0.1, 0.15) is 382 Å². The maximum Gasteiger partial charge on any atom is 0.472 e. The van der Waals surface area contributed by atoms with E-state index in [2.05, 4.69) is 72.8 Å². The summed E-state index contributed by atoms with van der Waals surface area (Å²) in [5, 5.41) is 10.6. The van der Waals surface area contributed by atoms with Crippen LogP contribution in [-0.4, -0.2) is 96.7 Å². The lowest BCUT2D eigenvalue weighted by Gasteiger charge is -2.21. The first-order chi connectivity index (χ1) is 47.3. The van der Waals surface area contributed by atoms with Crippen molar-refractivity contribution in [1.29, 1.82) is 0 Å². The van der Waals surface area contributed by atoms with E-state index in [1.54, 1.807) is 0 Å². The molecular formula is C79H150O17P2. The summed E-state index contributed by atoms with van der Waals surface area (Å²) in [4.78, 5) is 72.9. The molecule has 0 fully saturated rings. The van der Waals surface area contributed by atoms with Crippen LogP contribution in [0.5, 0.6) is 0 Å². The van der Waals surface area contributed by atoms with Crippen molar-refractivity contribution in [1.82, 2.24) is 0 Å². The molecule has 0 radical (unpaired) electrons. The van der Waals surface area contributed by atoms with Gasteiger partial charge in [0.15, 0.2) is 12.2 Å². The van der Waals surface area contributed by atoms with Gasteiger partial charge in [-0.05, 0) is 69.1 Å². The molecule has 0 aromatic heterocycles. The number of hydrogen-bond acceptors (Lipinski definition) is 15. The number of unbranched alkanes of at least 4 members (excludes halogenated alkanes) is 39. The molecule has 0 saturated carbocycles. The van der Waals surface area contributed by atoms with Crippen molar-refractivity contribution in [3.63, 3.8) is 0 Å². The Morgan fingerprint density at radius 3 is 0.908 bits per heavy atom. The summed E-state index contributed by atoms with van der Waals surface area (Å²) in [5.41, 5.74) is 0. The molecule has 6 atom stereocenters. The number of phosphoric ester groups is 2. The third kappa shape index (κ3) is 70.6. The number of carbonyl (C=O) groups excluding carboxylic acids is 4. The smallest absolute Gasteiger partial charge is 0.462 e. The predicted molar refractivity (Wildman–Crippen MR) is 400 cm³/mol. The Kier molecular flexibility index (Phi) is 67.2. The summed E-state index contributed by atoms with van der Waals surface area (Å²) in [6, 6.07) is 0. The van der Waals surface area contributed by atoms with E-state index in [-0.39, 0.29) is 25.7 Å². The monoisotopic (exact) mass is 1430 g/mol. The average molecular weight is 1430 g/mol. The van der Waals surface area contributed by atoms with Crippen molar-refractivity contribution < 1.29 is 80.2 Å². The third-order valence-electron chi connectivity index (χ3n) is 18.1. The van der Waals surface area contributed by atoms with Gasteiger partial charge in [0, 0.05) is 25.7 Å². The van der Waals surface area contributed by atoms with Gasteiger partial charge in [0.05, 0.1) is 26.4 Å². The van der Waals surface area contributed by atoms with Crippen molar-refractivity contribution in [3.8, 4) is 0 Å². The lowest BCUT2D eigenvalue weighted by atomic mass is 9.99. The molecule has 0 heterocycles. The second-order valence-electron chi connectivity index (χ2n) is 29.0. The maximum atomic E-state index is 13.1. The first kappa shape index (κ1) is 95.5. The Morgan fingerprint density at radius 2 is 0.602 bits per heavy atom. The highest BCUT2D eigenvalue weighted by Crippen LogP contribution is 2.45. The minimum Gasteiger partial charge on any atom is -0.462 e. The maximum absolute atomic E-state index is 13.1. The number of hydrogen-bond donors (Lipinski definition) is 3. The van der Waals surface area contributed by atoms with E-state index in [0.29, 0.717) is 31.6 Å². The van der Waals surface area contributed by atoms with E-state index >= 15 is 0 Å². The van der Waals surface area contributed by atoms with Crippen molar-refractivity contribution in [2.24, 2.45) is 17.8 Å². The number of aliphatic hydroxyl groups is 1. The zero-order valence-electron chi connectivity index (χ0n) is 63.7. The Balaban J connectivity index is 5.26. The molecule has 3 unspecified atom stereocenters. The number of ether oxygens (including phenoxy) is 4. The number of rotatable bonds is 75. The predicted octanol–water partition coefficient (Wildman–Crippen LogP) is 22.9. The van der Waals surface area contributed by atoms with Crippen LogP contribution in [0.3, 0.4) is 0 Å². The molecule has 0 rings (SSSR count). The average Bonchev–Trinajstić information content (AvgIpc) is 0.968. The third-order valence-corrected chi connectivity index (χ3v) is 20.0. The van der Waals surface area contributed by atoms with Gasteiger partial charge in [0.1, 0.15) is 19.3 Å². The Labute approximate surface area is 599 Å². The first-order valence-corrected chi connectivity index (χ1v) is 43.2. The molecule has 0 spiro atoms. The number of aliphatic hydroxyl groups excluding tert-OH is 1. The summed E-state index contributed by atoms with van der Waals surface area (Å²) in [6.07, 6.45) is 59.1. The molecule has 578 valence electrons. The molecule has 0 aliphatic rings. The van der Waals surface area contributed by atoms with Crippen molar-refractivity contribution in [2.75, 3.05) is 39.6 Å². The molecule has 0 saturated heterocycles. The summed E-state index contributed by atoms with van der Waals surface area (Å²) in [6.45, 7) is 11.8. The van der Waals surface area contributed by atoms with Crippen LogP contribution in [0.4, 0.5) is 0 Å². The molecule has 0 aliphatic heterocycles. The molecule has 0 bridgehead atoms. The van der Waals surface area contributed by atoms with Gasteiger partial charge in [0.2, 0.25) is 0 Å². The van der Waals surface area contributed by atoms with Gasteiger partial charge >= 0.3 is 39.5 Å². The van der Waals surface area contributed by atoms with E-state index in [4.69, 9.17) is 37.0 Å². The van der Waals surface area contributed by atoms with E-state index in [0.717, 1.165) is 127 Å². The van der Waals surface area contributed by atoms with Crippen molar-refractivity contribution in [2.45, 2.75) is 401 Å². The van der Waals surface area contributed by atoms with E-state index in [9.17, 15) is 43.2 Å². The molecular weight excluding hydrogens is 1280 g/mol. The largest absolute Gasteiger partial charge is 0.472 e. The molecule has 17 nitrogen and oxygen atoms in total. The molecule has 3 N–H and O–H groups in total. The highest BCUT2D eigenvalue weighted by atomic mass is 31.2. The van der Waals surface area contributed by atoms with Gasteiger partial charge in [-0.2, -0.15) is 0 Å². The summed E-state index contributed by atoms with van der Waals surface area (Å²) >= 11 is 0. The lowest BCUT2D eigenvalue weighted by Crippen LogP contribution is -2.30. The van der Waals surface area contributed by atoms with E-state index in [1.807, 2.05) is 0 Å². The lowest BCUT2D eigenvalue weighted by molar-refractivity contribution is -0.161. The van der Waals surface area contributed by atoms with Crippen LogP contribution < -0.4 is 0 Å². The molecule has 98 heavy (non-hydrogen) atoms. The molecule has 0 aliphatic carbocycles. The fraction of sp³-hybridized carbons (Fsp3) is 0.899. The first-order valence-electron chi connectivity index (χ1n) is 40.2. The Morgan fingerprint density at radius 1 is 0.337 bits per heavy atom. The number of carbonyl (C=O) groups is 4.